The van der Waals surface area contributed by atoms with Gasteiger partial charge in [0.1, 0.15) is 10.8 Å². The van der Waals surface area contributed by atoms with Crippen molar-refractivity contribution in [3.8, 4) is 12.3 Å². The number of hydrogen-bond donors (Lipinski definition) is 2. The summed E-state index contributed by atoms with van der Waals surface area (Å²) in [5.41, 5.74) is 0.482. The fourth-order valence-electron chi connectivity index (χ4n) is 1.82. The van der Waals surface area contributed by atoms with Gasteiger partial charge >= 0.3 is 0 Å². The molecule has 0 radical (unpaired) electrons. The molecule has 1 atom stereocenters. The SMILES string of the molecule is C#CCNC(=O)c1ccc(NC(C)c2ncc(CC)s2)nc1. The van der Waals surface area contributed by atoms with E-state index in [0.717, 1.165) is 11.4 Å². The zero-order valence-corrected chi connectivity index (χ0v) is 13.4. The van der Waals surface area contributed by atoms with Gasteiger partial charge in [0.2, 0.25) is 0 Å². The molecule has 2 rings (SSSR count). The third kappa shape index (κ3) is 4.06. The Morgan fingerprint density at radius 1 is 1.41 bits per heavy atom. The van der Waals surface area contributed by atoms with E-state index in [9.17, 15) is 4.79 Å². The standard InChI is InChI=1S/C16H18N4OS/c1-4-8-17-15(21)12-6-7-14(18-9-12)20-11(3)16-19-10-13(5-2)22-16/h1,6-7,9-11H,5,8H2,2-3H3,(H,17,21)(H,18,20). The maximum atomic E-state index is 11.7. The Kier molecular flexibility index (Phi) is 5.50. The first kappa shape index (κ1) is 16.0. The first-order valence-corrected chi connectivity index (χ1v) is 7.84. The van der Waals surface area contributed by atoms with Crippen LogP contribution in [0.2, 0.25) is 0 Å². The fourth-order valence-corrected chi connectivity index (χ4v) is 2.68. The van der Waals surface area contributed by atoms with Gasteiger partial charge in [0, 0.05) is 17.3 Å². The number of carbonyl (C=O) groups excluding carboxylic acids is 1. The Hall–Kier alpha value is -2.39. The summed E-state index contributed by atoms with van der Waals surface area (Å²) in [4.78, 5) is 21.6. The number of hydrogen-bond acceptors (Lipinski definition) is 5. The van der Waals surface area contributed by atoms with Gasteiger partial charge in [0.15, 0.2) is 0 Å². The largest absolute Gasteiger partial charge is 0.361 e. The number of terminal acetylenes is 1. The normalized spacial score (nSPS) is 11.5. The summed E-state index contributed by atoms with van der Waals surface area (Å²) in [6.45, 7) is 4.36. The molecule has 0 aliphatic rings. The summed E-state index contributed by atoms with van der Waals surface area (Å²) >= 11 is 1.69. The van der Waals surface area contributed by atoms with Crippen LogP contribution >= 0.6 is 11.3 Å². The minimum absolute atomic E-state index is 0.0684. The predicted octanol–water partition coefficient (Wildman–Crippen LogP) is 2.64. The number of aryl methyl sites for hydroxylation is 1. The lowest BCUT2D eigenvalue weighted by Crippen LogP contribution is -2.23. The van der Waals surface area contributed by atoms with E-state index < -0.39 is 0 Å². The van der Waals surface area contributed by atoms with Crippen LogP contribution < -0.4 is 10.6 Å². The van der Waals surface area contributed by atoms with E-state index in [1.165, 1.54) is 11.1 Å². The molecule has 1 unspecified atom stereocenters. The van der Waals surface area contributed by atoms with Crippen molar-refractivity contribution in [2.75, 3.05) is 11.9 Å². The second-order valence-electron chi connectivity index (χ2n) is 4.70. The van der Waals surface area contributed by atoms with Gasteiger partial charge in [-0.3, -0.25) is 4.79 Å². The van der Waals surface area contributed by atoms with Gasteiger partial charge < -0.3 is 10.6 Å². The molecule has 5 nitrogen and oxygen atoms in total. The molecule has 0 aliphatic heterocycles. The van der Waals surface area contributed by atoms with Gasteiger partial charge in [-0.1, -0.05) is 12.8 Å². The van der Waals surface area contributed by atoms with Gasteiger partial charge in [-0.2, -0.15) is 0 Å². The molecule has 0 spiro atoms. The van der Waals surface area contributed by atoms with Crippen LogP contribution in [0.4, 0.5) is 5.82 Å². The lowest BCUT2D eigenvalue weighted by molar-refractivity contribution is 0.0958. The number of aromatic nitrogens is 2. The molecule has 0 fully saturated rings. The monoisotopic (exact) mass is 314 g/mol. The zero-order chi connectivity index (χ0) is 15.9. The molecule has 0 saturated heterocycles. The summed E-state index contributed by atoms with van der Waals surface area (Å²) in [6, 6.07) is 3.56. The van der Waals surface area contributed by atoms with Crippen molar-refractivity contribution < 1.29 is 4.79 Å². The van der Waals surface area contributed by atoms with Crippen LogP contribution in [0.25, 0.3) is 0 Å². The summed E-state index contributed by atoms with van der Waals surface area (Å²) in [5, 5.41) is 6.90. The molecule has 1 amide bonds. The van der Waals surface area contributed by atoms with Gasteiger partial charge in [-0.15, -0.1) is 17.8 Å². The number of rotatable bonds is 6. The Labute approximate surface area is 134 Å². The number of anilines is 1. The lowest BCUT2D eigenvalue weighted by Gasteiger charge is -2.12. The maximum Gasteiger partial charge on any atom is 0.253 e. The first-order valence-electron chi connectivity index (χ1n) is 7.03. The summed E-state index contributed by atoms with van der Waals surface area (Å²) < 4.78 is 0. The number of carbonyl (C=O) groups is 1. The van der Waals surface area contributed by atoms with Crippen LogP contribution in [0.15, 0.2) is 24.5 Å². The number of thiazole rings is 1. The molecular weight excluding hydrogens is 296 g/mol. The average Bonchev–Trinajstić information content (AvgIpc) is 3.02. The van der Waals surface area contributed by atoms with Gasteiger partial charge in [0.25, 0.3) is 5.91 Å². The molecule has 2 aromatic rings. The summed E-state index contributed by atoms with van der Waals surface area (Å²) in [7, 11) is 0. The molecule has 22 heavy (non-hydrogen) atoms. The second-order valence-corrected chi connectivity index (χ2v) is 5.85. The van der Waals surface area contributed by atoms with Crippen molar-refractivity contribution in [1.29, 1.82) is 0 Å². The van der Waals surface area contributed by atoms with E-state index in [0.29, 0.717) is 11.4 Å². The van der Waals surface area contributed by atoms with Crippen LogP contribution in [-0.4, -0.2) is 22.4 Å². The highest BCUT2D eigenvalue weighted by Gasteiger charge is 2.11. The predicted molar refractivity (Wildman–Crippen MR) is 88.9 cm³/mol. The fraction of sp³-hybridized carbons (Fsp3) is 0.312. The van der Waals surface area contributed by atoms with E-state index in [2.05, 4.69) is 33.4 Å². The topological polar surface area (TPSA) is 66.9 Å². The highest BCUT2D eigenvalue weighted by molar-refractivity contribution is 7.11. The third-order valence-electron chi connectivity index (χ3n) is 3.03. The molecule has 0 aromatic carbocycles. The van der Waals surface area contributed by atoms with Crippen LogP contribution in [0.1, 0.15) is 40.1 Å². The molecule has 2 heterocycles. The van der Waals surface area contributed by atoms with E-state index in [1.807, 2.05) is 13.1 Å². The zero-order valence-electron chi connectivity index (χ0n) is 12.6. The van der Waals surface area contributed by atoms with Crippen LogP contribution in [-0.2, 0) is 6.42 Å². The van der Waals surface area contributed by atoms with Gasteiger partial charge in [-0.05, 0) is 25.5 Å². The minimum atomic E-state index is -0.224. The number of pyridine rings is 1. The van der Waals surface area contributed by atoms with E-state index in [1.54, 1.807) is 23.5 Å². The molecular formula is C16H18N4OS. The van der Waals surface area contributed by atoms with Crippen molar-refractivity contribution in [2.45, 2.75) is 26.3 Å². The van der Waals surface area contributed by atoms with Crippen molar-refractivity contribution in [1.82, 2.24) is 15.3 Å². The van der Waals surface area contributed by atoms with Crippen molar-refractivity contribution in [3.05, 3.63) is 40.0 Å². The summed E-state index contributed by atoms with van der Waals surface area (Å²) in [5.74, 6) is 2.84. The molecule has 114 valence electrons. The Morgan fingerprint density at radius 3 is 2.82 bits per heavy atom. The third-order valence-corrected chi connectivity index (χ3v) is 4.36. The molecule has 2 aromatic heterocycles. The van der Waals surface area contributed by atoms with E-state index in [4.69, 9.17) is 6.42 Å². The highest BCUT2D eigenvalue weighted by Crippen LogP contribution is 2.23. The molecule has 6 heteroatoms. The molecule has 0 aliphatic carbocycles. The van der Waals surface area contributed by atoms with Crippen LogP contribution in [0, 0.1) is 12.3 Å². The smallest absolute Gasteiger partial charge is 0.253 e. The second kappa shape index (κ2) is 7.57. The quantitative estimate of drug-likeness (QED) is 0.804. The number of nitrogens with zero attached hydrogens (tertiary/aromatic N) is 2. The average molecular weight is 314 g/mol. The number of nitrogens with one attached hydrogen (secondary N) is 2. The molecule has 0 saturated carbocycles. The van der Waals surface area contributed by atoms with Gasteiger partial charge in [-0.25, -0.2) is 9.97 Å². The van der Waals surface area contributed by atoms with E-state index in [-0.39, 0.29) is 18.5 Å². The molecule has 0 bridgehead atoms. The van der Waals surface area contributed by atoms with E-state index >= 15 is 0 Å². The van der Waals surface area contributed by atoms with Crippen molar-refractivity contribution >= 4 is 23.1 Å². The van der Waals surface area contributed by atoms with Crippen LogP contribution in [0.5, 0.6) is 0 Å². The van der Waals surface area contributed by atoms with Crippen molar-refractivity contribution in [3.63, 3.8) is 0 Å². The highest BCUT2D eigenvalue weighted by atomic mass is 32.1. The lowest BCUT2D eigenvalue weighted by atomic mass is 10.2. The maximum absolute atomic E-state index is 11.7. The Bertz CT molecular complexity index is 672. The minimum Gasteiger partial charge on any atom is -0.361 e. The summed E-state index contributed by atoms with van der Waals surface area (Å²) in [6.07, 6.45) is 9.53. The first-order chi connectivity index (χ1) is 10.6. The Morgan fingerprint density at radius 2 is 2.23 bits per heavy atom. The van der Waals surface area contributed by atoms with Crippen molar-refractivity contribution in [2.24, 2.45) is 0 Å². The number of amides is 1. The molecule has 2 N–H and O–H groups in total. The Balaban J connectivity index is 1.98. The van der Waals surface area contributed by atoms with Crippen LogP contribution in [0.3, 0.4) is 0 Å². The van der Waals surface area contributed by atoms with Gasteiger partial charge in [0.05, 0.1) is 18.2 Å².